The Labute approximate surface area is 176 Å². The van der Waals surface area contributed by atoms with E-state index in [2.05, 4.69) is 44.9 Å². The van der Waals surface area contributed by atoms with E-state index in [9.17, 15) is 14.4 Å². The zero-order valence-corrected chi connectivity index (χ0v) is 18.7. The maximum Gasteiger partial charge on any atom is 0.333 e. The van der Waals surface area contributed by atoms with Crippen LogP contribution in [-0.2, 0) is 23.9 Å². The van der Waals surface area contributed by atoms with Crippen molar-refractivity contribution in [1.82, 2.24) is 0 Å². The highest BCUT2D eigenvalue weighted by atomic mass is 16.5. The molecule has 0 aromatic heterocycles. The van der Waals surface area contributed by atoms with Crippen molar-refractivity contribution in [2.75, 3.05) is 13.2 Å². The molecule has 1 N–H and O–H groups in total. The number of carbonyl (C=O) groups is 3. The smallest absolute Gasteiger partial charge is 0.333 e. The molecule has 0 fully saturated rings. The Kier molecular flexibility index (Phi) is 21.6. The van der Waals surface area contributed by atoms with Crippen molar-refractivity contribution >= 4 is 17.9 Å². The summed E-state index contributed by atoms with van der Waals surface area (Å²) in [5.74, 6) is -1.05. The molecule has 6 heteroatoms. The maximum absolute atomic E-state index is 11.1. The fraction of sp³-hybridized carbons (Fsp3) is 0.522. The predicted octanol–water partition coefficient (Wildman–Crippen LogP) is 5.26. The third-order valence-corrected chi connectivity index (χ3v) is 3.39. The Balaban J connectivity index is -0.000000386. The van der Waals surface area contributed by atoms with Crippen LogP contribution in [-0.4, -0.2) is 36.2 Å². The van der Waals surface area contributed by atoms with Crippen molar-refractivity contribution in [2.24, 2.45) is 5.92 Å². The second-order valence-corrected chi connectivity index (χ2v) is 6.55. The molecule has 29 heavy (non-hydrogen) atoms. The van der Waals surface area contributed by atoms with Gasteiger partial charge < -0.3 is 14.6 Å². The van der Waals surface area contributed by atoms with E-state index in [4.69, 9.17) is 9.84 Å². The maximum atomic E-state index is 11.1. The molecule has 1 atom stereocenters. The standard InChI is InChI=1S/C12H22O2.C7H10O2.C4H6O2/c1-5-7-8-11(6-2)9-14-12(13)10(3)4;1-4-5-9-7(8)6(2)3;1-3(2)4(5)6/h11H,3,5-9H2,1-2,4H3;4H,1-2,5H2,3H3;1H2,2H3,(H,5,6). The van der Waals surface area contributed by atoms with Gasteiger partial charge in [-0.15, -0.1) is 0 Å². The Morgan fingerprint density at radius 1 is 0.931 bits per heavy atom. The van der Waals surface area contributed by atoms with Gasteiger partial charge in [0.2, 0.25) is 0 Å². The van der Waals surface area contributed by atoms with Gasteiger partial charge in [-0.05, 0) is 33.1 Å². The second kappa shape index (κ2) is 20.1. The summed E-state index contributed by atoms with van der Waals surface area (Å²) in [7, 11) is 0. The molecule has 0 amide bonds. The quantitative estimate of drug-likeness (QED) is 0.284. The van der Waals surface area contributed by atoms with Crippen LogP contribution in [0.4, 0.5) is 0 Å². The van der Waals surface area contributed by atoms with Crippen LogP contribution >= 0.6 is 0 Å². The Hall–Kier alpha value is -2.63. The zero-order valence-electron chi connectivity index (χ0n) is 18.7. The van der Waals surface area contributed by atoms with Crippen LogP contribution in [0.1, 0.15) is 60.3 Å². The summed E-state index contributed by atoms with van der Waals surface area (Å²) in [6, 6.07) is 0. The number of esters is 2. The molecule has 0 saturated heterocycles. The van der Waals surface area contributed by atoms with Crippen LogP contribution in [0, 0.1) is 5.92 Å². The molecule has 0 spiro atoms. The van der Waals surface area contributed by atoms with Gasteiger partial charge in [0, 0.05) is 16.7 Å². The molecule has 0 aliphatic carbocycles. The molecule has 0 aliphatic heterocycles. The first kappa shape index (κ1) is 31.1. The van der Waals surface area contributed by atoms with E-state index in [1.54, 1.807) is 13.8 Å². The van der Waals surface area contributed by atoms with Gasteiger partial charge in [-0.1, -0.05) is 65.5 Å². The number of aliphatic carboxylic acids is 1. The minimum absolute atomic E-state index is 0.176. The summed E-state index contributed by atoms with van der Waals surface area (Å²) in [6.07, 6.45) is 6.15. The fourth-order valence-corrected chi connectivity index (χ4v) is 1.47. The van der Waals surface area contributed by atoms with E-state index < -0.39 is 5.97 Å². The van der Waals surface area contributed by atoms with E-state index in [1.165, 1.54) is 25.8 Å². The van der Waals surface area contributed by atoms with Gasteiger partial charge in [0.05, 0.1) is 6.61 Å². The average molecular weight is 411 g/mol. The largest absolute Gasteiger partial charge is 0.478 e. The number of rotatable bonds is 11. The Morgan fingerprint density at radius 2 is 1.38 bits per heavy atom. The van der Waals surface area contributed by atoms with Crippen LogP contribution in [0.5, 0.6) is 0 Å². The first-order valence-corrected chi connectivity index (χ1v) is 9.59. The van der Waals surface area contributed by atoms with Crippen LogP contribution in [0.15, 0.2) is 49.1 Å². The minimum Gasteiger partial charge on any atom is -0.478 e. The monoisotopic (exact) mass is 410 g/mol. The highest BCUT2D eigenvalue weighted by Gasteiger charge is 2.09. The lowest BCUT2D eigenvalue weighted by atomic mass is 10.0. The van der Waals surface area contributed by atoms with Crippen LogP contribution in [0.25, 0.3) is 0 Å². The van der Waals surface area contributed by atoms with Crippen molar-refractivity contribution in [3.8, 4) is 0 Å². The van der Waals surface area contributed by atoms with Crippen LogP contribution in [0.3, 0.4) is 0 Å². The topological polar surface area (TPSA) is 89.9 Å². The fourth-order valence-electron chi connectivity index (χ4n) is 1.47. The normalized spacial score (nSPS) is 9.97. The van der Waals surface area contributed by atoms with Gasteiger partial charge in [0.1, 0.15) is 6.61 Å². The van der Waals surface area contributed by atoms with E-state index in [0.717, 1.165) is 12.8 Å². The van der Waals surface area contributed by atoms with Gasteiger partial charge in [0.25, 0.3) is 0 Å². The minimum atomic E-state index is -0.935. The lowest BCUT2D eigenvalue weighted by Gasteiger charge is -2.14. The van der Waals surface area contributed by atoms with Crippen LogP contribution < -0.4 is 0 Å². The summed E-state index contributed by atoms with van der Waals surface area (Å²) >= 11 is 0. The summed E-state index contributed by atoms with van der Waals surface area (Å²) in [5.41, 5.74) is 1.07. The van der Waals surface area contributed by atoms with Gasteiger partial charge in [0.15, 0.2) is 0 Å². The molecule has 0 heterocycles. The SMILES string of the molecule is C=C(C)C(=O)O.C=C(C)C(=O)OCC(CC)CCCC.C=CCOC(=O)C(=C)C. The van der Waals surface area contributed by atoms with Crippen LogP contribution in [0.2, 0.25) is 0 Å². The molecule has 0 bridgehead atoms. The Morgan fingerprint density at radius 3 is 1.69 bits per heavy atom. The molecule has 0 aromatic carbocycles. The predicted molar refractivity (Wildman–Crippen MR) is 117 cm³/mol. The van der Waals surface area contributed by atoms with Gasteiger partial charge in [-0.2, -0.15) is 0 Å². The van der Waals surface area contributed by atoms with Crippen molar-refractivity contribution in [3.05, 3.63) is 49.1 Å². The summed E-state index contributed by atoms with van der Waals surface area (Å²) in [5, 5.41) is 7.89. The zero-order chi connectivity index (χ0) is 23.4. The molecule has 166 valence electrons. The van der Waals surface area contributed by atoms with Gasteiger partial charge in [-0.3, -0.25) is 0 Å². The molecular formula is C23H38O6. The molecular weight excluding hydrogens is 372 g/mol. The molecule has 0 saturated carbocycles. The molecule has 0 radical (unpaired) electrons. The van der Waals surface area contributed by atoms with E-state index in [1.807, 2.05) is 0 Å². The van der Waals surface area contributed by atoms with Gasteiger partial charge >= 0.3 is 17.9 Å². The molecule has 0 aliphatic rings. The number of carboxylic acids is 1. The first-order valence-electron chi connectivity index (χ1n) is 9.59. The number of hydrogen-bond acceptors (Lipinski definition) is 5. The highest BCUT2D eigenvalue weighted by molar-refractivity contribution is 5.87. The van der Waals surface area contributed by atoms with Crippen molar-refractivity contribution < 1.29 is 29.0 Å². The summed E-state index contributed by atoms with van der Waals surface area (Å²) in [4.78, 5) is 31.2. The Bertz CT molecular complexity index is 548. The third-order valence-electron chi connectivity index (χ3n) is 3.39. The summed E-state index contributed by atoms with van der Waals surface area (Å²) in [6.45, 7) is 23.3. The molecule has 0 rings (SSSR count). The summed E-state index contributed by atoms with van der Waals surface area (Å²) < 4.78 is 9.71. The van der Waals surface area contributed by atoms with Crippen molar-refractivity contribution in [3.63, 3.8) is 0 Å². The number of hydrogen-bond donors (Lipinski definition) is 1. The lowest BCUT2D eigenvalue weighted by molar-refractivity contribution is -0.140. The number of ether oxygens (including phenoxy) is 2. The van der Waals surface area contributed by atoms with E-state index in [-0.39, 0.29) is 24.1 Å². The number of carboxylic acid groups (broad SMARTS) is 1. The molecule has 1 unspecified atom stereocenters. The van der Waals surface area contributed by atoms with Gasteiger partial charge in [-0.25, -0.2) is 14.4 Å². The van der Waals surface area contributed by atoms with Crippen molar-refractivity contribution in [2.45, 2.75) is 60.3 Å². The van der Waals surface area contributed by atoms with E-state index >= 15 is 0 Å². The van der Waals surface area contributed by atoms with Crippen molar-refractivity contribution in [1.29, 1.82) is 0 Å². The second-order valence-electron chi connectivity index (χ2n) is 6.55. The lowest BCUT2D eigenvalue weighted by Crippen LogP contribution is -2.14. The average Bonchev–Trinajstić information content (AvgIpc) is 2.66. The molecule has 6 nitrogen and oxygen atoms in total. The highest BCUT2D eigenvalue weighted by Crippen LogP contribution is 2.13. The first-order chi connectivity index (χ1) is 13.4. The number of carbonyl (C=O) groups excluding carboxylic acids is 2. The number of unbranched alkanes of at least 4 members (excludes halogenated alkanes) is 1. The molecule has 0 aromatic rings. The van der Waals surface area contributed by atoms with E-state index in [0.29, 0.717) is 23.7 Å². The third kappa shape index (κ3) is 23.3.